The van der Waals surface area contributed by atoms with Crippen molar-refractivity contribution in [1.82, 2.24) is 5.48 Å². The Morgan fingerprint density at radius 1 is 0.889 bits per heavy atom. The van der Waals surface area contributed by atoms with Crippen LogP contribution in [0.5, 0.6) is 17.2 Å². The molecule has 2 aromatic rings. The second-order valence-corrected chi connectivity index (χ2v) is 3.58. The summed E-state index contributed by atoms with van der Waals surface area (Å²) in [5.74, 6) is 2.25. The van der Waals surface area contributed by atoms with Gasteiger partial charge in [-0.3, -0.25) is 0 Å². The average Bonchev–Trinajstić information content (AvgIpc) is 2.42. The Kier molecular flexibility index (Phi) is 4.39. The lowest BCUT2D eigenvalue weighted by atomic mass is 10.3. The van der Waals surface area contributed by atoms with Crippen LogP contribution < -0.4 is 15.1 Å². The van der Waals surface area contributed by atoms with E-state index in [1.807, 2.05) is 54.6 Å². The van der Waals surface area contributed by atoms with Crippen molar-refractivity contribution in [3.8, 4) is 17.2 Å². The van der Waals surface area contributed by atoms with Gasteiger partial charge in [-0.15, -0.1) is 6.58 Å². The molecule has 0 aliphatic rings. The van der Waals surface area contributed by atoms with E-state index in [0.717, 1.165) is 11.5 Å². The minimum atomic E-state index is 0.474. The normalized spacial score (nSPS) is 9.78. The maximum absolute atomic E-state index is 5.66. The highest BCUT2D eigenvalue weighted by atomic mass is 16.6. The molecule has 0 aliphatic carbocycles. The number of hydrogen-bond acceptors (Lipinski definition) is 2. The van der Waals surface area contributed by atoms with Crippen LogP contribution in [0.4, 0.5) is 0 Å². The smallest absolute Gasteiger partial charge is 0.149 e. The summed E-state index contributed by atoms with van der Waals surface area (Å²) in [5, 5.41) is 0. The van der Waals surface area contributed by atoms with Gasteiger partial charge in [-0.2, -0.15) is 0 Å². The lowest BCUT2D eigenvalue weighted by Crippen LogP contribution is -2.08. The molecule has 0 unspecified atom stereocenters. The Morgan fingerprint density at radius 2 is 1.50 bits per heavy atom. The van der Waals surface area contributed by atoms with Crippen LogP contribution in [-0.4, -0.2) is 6.54 Å². The molecule has 3 heteroatoms. The predicted molar refractivity (Wildman–Crippen MR) is 70.8 cm³/mol. The molecule has 0 bridgehead atoms. The standard InChI is InChI=1S/C15H14NO2/c1-2-12-16-18-15-10-8-14(9-11-15)17-13-6-4-3-5-7-13/h2-11H,1,12H2. The highest BCUT2D eigenvalue weighted by Crippen LogP contribution is 2.23. The molecule has 0 aromatic heterocycles. The van der Waals surface area contributed by atoms with E-state index >= 15 is 0 Å². The summed E-state index contributed by atoms with van der Waals surface area (Å²) >= 11 is 0. The zero-order chi connectivity index (χ0) is 12.6. The molecular formula is C15H14NO2. The second-order valence-electron chi connectivity index (χ2n) is 3.58. The van der Waals surface area contributed by atoms with Crippen LogP contribution in [-0.2, 0) is 0 Å². The molecule has 3 nitrogen and oxygen atoms in total. The van der Waals surface area contributed by atoms with Crippen molar-refractivity contribution in [2.45, 2.75) is 0 Å². The lowest BCUT2D eigenvalue weighted by Gasteiger charge is -2.06. The Labute approximate surface area is 107 Å². The first-order valence-corrected chi connectivity index (χ1v) is 5.66. The number of nitrogens with zero attached hydrogens (tertiary/aromatic N) is 1. The number of ether oxygens (including phenoxy) is 1. The zero-order valence-corrected chi connectivity index (χ0v) is 9.95. The van der Waals surface area contributed by atoms with Gasteiger partial charge in [-0.25, -0.2) is 0 Å². The summed E-state index contributed by atoms with van der Waals surface area (Å²) in [6.45, 7) is 4.03. The fraction of sp³-hybridized carbons (Fsp3) is 0.0667. The molecule has 1 radical (unpaired) electrons. The van der Waals surface area contributed by atoms with Gasteiger partial charge in [0, 0.05) is 0 Å². The van der Waals surface area contributed by atoms with E-state index in [4.69, 9.17) is 9.57 Å². The molecule has 0 aliphatic heterocycles. The van der Waals surface area contributed by atoms with Gasteiger partial charge in [0.05, 0.1) is 6.54 Å². The lowest BCUT2D eigenvalue weighted by molar-refractivity contribution is 0.198. The van der Waals surface area contributed by atoms with Crippen molar-refractivity contribution < 1.29 is 9.57 Å². The first-order chi connectivity index (χ1) is 8.88. The van der Waals surface area contributed by atoms with Crippen LogP contribution in [0, 0.1) is 0 Å². The summed E-state index contributed by atoms with van der Waals surface area (Å²) in [6, 6.07) is 16.9. The summed E-state index contributed by atoms with van der Waals surface area (Å²) in [5.41, 5.74) is 3.81. The predicted octanol–water partition coefficient (Wildman–Crippen LogP) is 3.56. The van der Waals surface area contributed by atoms with E-state index in [0.29, 0.717) is 12.3 Å². The molecule has 0 N–H and O–H groups in total. The van der Waals surface area contributed by atoms with Gasteiger partial charge in [-0.1, -0.05) is 24.3 Å². The van der Waals surface area contributed by atoms with Gasteiger partial charge in [0.15, 0.2) is 0 Å². The molecule has 0 atom stereocenters. The van der Waals surface area contributed by atoms with Crippen molar-refractivity contribution >= 4 is 0 Å². The first kappa shape index (κ1) is 12.2. The third-order valence-corrected chi connectivity index (χ3v) is 2.18. The molecule has 2 aromatic carbocycles. The summed E-state index contributed by atoms with van der Waals surface area (Å²) in [4.78, 5) is 5.15. The Balaban J connectivity index is 1.93. The Morgan fingerprint density at radius 3 is 2.17 bits per heavy atom. The van der Waals surface area contributed by atoms with Crippen molar-refractivity contribution in [3.63, 3.8) is 0 Å². The molecule has 0 fully saturated rings. The molecule has 0 heterocycles. The van der Waals surface area contributed by atoms with Crippen molar-refractivity contribution in [3.05, 3.63) is 67.3 Å². The van der Waals surface area contributed by atoms with E-state index in [1.165, 1.54) is 0 Å². The highest BCUT2D eigenvalue weighted by Gasteiger charge is 1.98. The molecule has 0 amide bonds. The average molecular weight is 240 g/mol. The van der Waals surface area contributed by atoms with Gasteiger partial charge >= 0.3 is 0 Å². The Hall–Kier alpha value is -2.26. The topological polar surface area (TPSA) is 32.6 Å². The van der Waals surface area contributed by atoms with Crippen LogP contribution in [0.3, 0.4) is 0 Å². The monoisotopic (exact) mass is 240 g/mol. The second kappa shape index (κ2) is 6.47. The van der Waals surface area contributed by atoms with Gasteiger partial charge in [0.25, 0.3) is 0 Å². The number of hydrogen-bond donors (Lipinski definition) is 0. The van der Waals surface area contributed by atoms with Crippen molar-refractivity contribution in [2.24, 2.45) is 0 Å². The summed E-state index contributed by atoms with van der Waals surface area (Å²) < 4.78 is 5.66. The fourth-order valence-corrected chi connectivity index (χ4v) is 1.36. The minimum Gasteiger partial charge on any atom is -0.457 e. The number of benzene rings is 2. The van der Waals surface area contributed by atoms with E-state index in [1.54, 1.807) is 6.08 Å². The van der Waals surface area contributed by atoms with E-state index < -0.39 is 0 Å². The van der Waals surface area contributed by atoms with Gasteiger partial charge < -0.3 is 9.57 Å². The molecule has 0 spiro atoms. The van der Waals surface area contributed by atoms with E-state index in [2.05, 4.69) is 12.1 Å². The van der Waals surface area contributed by atoms with Crippen molar-refractivity contribution in [1.29, 1.82) is 0 Å². The SMILES string of the molecule is C=CC[N]Oc1ccc(Oc2ccccc2)cc1. The number of hydroxylamine groups is 1. The maximum atomic E-state index is 5.66. The number of rotatable bonds is 6. The summed E-state index contributed by atoms with van der Waals surface area (Å²) in [6.07, 6.45) is 1.67. The molecule has 91 valence electrons. The molecular weight excluding hydrogens is 226 g/mol. The van der Waals surface area contributed by atoms with Crippen LogP contribution in [0.2, 0.25) is 0 Å². The van der Waals surface area contributed by atoms with Gasteiger partial charge in [-0.05, 0) is 41.9 Å². The van der Waals surface area contributed by atoms with Crippen LogP contribution in [0.1, 0.15) is 0 Å². The van der Waals surface area contributed by atoms with Crippen molar-refractivity contribution in [2.75, 3.05) is 6.54 Å². The zero-order valence-electron chi connectivity index (χ0n) is 9.95. The van der Waals surface area contributed by atoms with Crippen LogP contribution in [0.25, 0.3) is 0 Å². The third kappa shape index (κ3) is 3.64. The largest absolute Gasteiger partial charge is 0.457 e. The van der Waals surface area contributed by atoms with E-state index in [-0.39, 0.29) is 0 Å². The van der Waals surface area contributed by atoms with E-state index in [9.17, 15) is 0 Å². The fourth-order valence-electron chi connectivity index (χ4n) is 1.36. The minimum absolute atomic E-state index is 0.474. The molecule has 0 saturated heterocycles. The molecule has 0 saturated carbocycles. The molecule has 18 heavy (non-hydrogen) atoms. The third-order valence-electron chi connectivity index (χ3n) is 2.18. The first-order valence-electron chi connectivity index (χ1n) is 5.66. The Bertz CT molecular complexity index is 480. The van der Waals surface area contributed by atoms with Gasteiger partial charge in [0.1, 0.15) is 17.2 Å². The van der Waals surface area contributed by atoms with Crippen LogP contribution in [0.15, 0.2) is 67.3 Å². The van der Waals surface area contributed by atoms with Gasteiger partial charge in [0.2, 0.25) is 0 Å². The quantitative estimate of drug-likeness (QED) is 0.439. The highest BCUT2D eigenvalue weighted by molar-refractivity contribution is 5.35. The van der Waals surface area contributed by atoms with Crippen LogP contribution >= 0.6 is 0 Å². The maximum Gasteiger partial charge on any atom is 0.149 e. The number of para-hydroxylation sites is 1. The summed E-state index contributed by atoms with van der Waals surface area (Å²) in [7, 11) is 0. The molecule has 2 rings (SSSR count).